The standard InChI is InChI=1S/C9H8ClNO2/c10-3-1-2-7-4-8(9(12)13)6-11-5-7/h1-2,4-6H,3H2,(H,12,13). The number of carboxylic acid groups (broad SMARTS) is 1. The maximum atomic E-state index is 10.5. The summed E-state index contributed by atoms with van der Waals surface area (Å²) in [5, 5.41) is 8.64. The first-order valence-electron chi connectivity index (χ1n) is 3.65. The minimum atomic E-state index is -0.978. The van der Waals surface area contributed by atoms with Gasteiger partial charge in [-0.1, -0.05) is 12.2 Å². The second-order valence-electron chi connectivity index (χ2n) is 2.37. The van der Waals surface area contributed by atoms with Crippen molar-refractivity contribution in [3.05, 3.63) is 35.7 Å². The van der Waals surface area contributed by atoms with Gasteiger partial charge < -0.3 is 5.11 Å². The van der Waals surface area contributed by atoms with Gasteiger partial charge in [0.15, 0.2) is 0 Å². The van der Waals surface area contributed by atoms with E-state index < -0.39 is 5.97 Å². The summed E-state index contributed by atoms with van der Waals surface area (Å²) in [5.74, 6) is -0.578. The first-order valence-corrected chi connectivity index (χ1v) is 4.18. The fourth-order valence-electron chi connectivity index (χ4n) is 0.846. The lowest BCUT2D eigenvalue weighted by atomic mass is 10.2. The molecule has 0 aromatic carbocycles. The number of halogens is 1. The number of carbonyl (C=O) groups is 1. The summed E-state index contributed by atoms with van der Waals surface area (Å²) in [6, 6.07) is 1.54. The van der Waals surface area contributed by atoms with E-state index >= 15 is 0 Å². The first kappa shape index (κ1) is 9.74. The van der Waals surface area contributed by atoms with Gasteiger partial charge in [0.05, 0.1) is 5.56 Å². The minimum Gasteiger partial charge on any atom is -0.478 e. The Morgan fingerprint density at radius 2 is 2.38 bits per heavy atom. The molecule has 0 bridgehead atoms. The number of hydrogen-bond acceptors (Lipinski definition) is 2. The zero-order chi connectivity index (χ0) is 9.68. The molecule has 1 heterocycles. The number of carboxylic acids is 1. The van der Waals surface area contributed by atoms with Gasteiger partial charge in [-0.25, -0.2) is 4.79 Å². The molecule has 0 amide bonds. The quantitative estimate of drug-likeness (QED) is 0.755. The third-order valence-corrected chi connectivity index (χ3v) is 1.58. The molecule has 0 saturated carbocycles. The third kappa shape index (κ3) is 2.87. The van der Waals surface area contributed by atoms with Crippen LogP contribution in [0, 0.1) is 0 Å². The van der Waals surface area contributed by atoms with E-state index in [2.05, 4.69) is 4.98 Å². The van der Waals surface area contributed by atoms with Gasteiger partial charge in [-0.3, -0.25) is 4.98 Å². The number of allylic oxidation sites excluding steroid dienone is 1. The highest BCUT2D eigenvalue weighted by Crippen LogP contribution is 2.04. The van der Waals surface area contributed by atoms with Crippen molar-refractivity contribution in [3.63, 3.8) is 0 Å². The number of pyridine rings is 1. The molecule has 1 rings (SSSR count). The van der Waals surface area contributed by atoms with Crippen LogP contribution in [0.15, 0.2) is 24.5 Å². The Hall–Kier alpha value is -1.35. The van der Waals surface area contributed by atoms with Crippen LogP contribution in [0.4, 0.5) is 0 Å². The van der Waals surface area contributed by atoms with Crippen LogP contribution in [0.1, 0.15) is 15.9 Å². The highest BCUT2D eigenvalue weighted by Gasteiger charge is 2.01. The molecule has 68 valence electrons. The number of hydrogen-bond donors (Lipinski definition) is 1. The van der Waals surface area contributed by atoms with Gasteiger partial charge in [0.1, 0.15) is 0 Å². The van der Waals surface area contributed by atoms with Gasteiger partial charge in [-0.2, -0.15) is 0 Å². The Balaban J connectivity index is 2.92. The minimum absolute atomic E-state index is 0.178. The summed E-state index contributed by atoms with van der Waals surface area (Å²) in [6.07, 6.45) is 6.34. The summed E-state index contributed by atoms with van der Waals surface area (Å²) in [4.78, 5) is 14.3. The molecule has 0 aliphatic heterocycles. The van der Waals surface area contributed by atoms with Gasteiger partial charge in [0, 0.05) is 18.3 Å². The molecule has 13 heavy (non-hydrogen) atoms. The highest BCUT2D eigenvalue weighted by molar-refractivity contribution is 6.19. The number of aromatic nitrogens is 1. The van der Waals surface area contributed by atoms with E-state index in [1.54, 1.807) is 24.4 Å². The monoisotopic (exact) mass is 197 g/mol. The summed E-state index contributed by atoms with van der Waals surface area (Å²) in [7, 11) is 0. The van der Waals surface area contributed by atoms with E-state index in [0.29, 0.717) is 5.88 Å². The molecule has 0 aliphatic carbocycles. The SMILES string of the molecule is O=C(O)c1cncc(C=CCCl)c1. The van der Waals surface area contributed by atoms with Crippen molar-refractivity contribution in [1.29, 1.82) is 0 Å². The van der Waals surface area contributed by atoms with E-state index in [9.17, 15) is 4.79 Å². The number of rotatable bonds is 3. The maximum absolute atomic E-state index is 10.5. The van der Waals surface area contributed by atoms with Gasteiger partial charge in [0.25, 0.3) is 0 Å². The lowest BCUT2D eigenvalue weighted by Crippen LogP contribution is -1.96. The number of alkyl halides is 1. The van der Waals surface area contributed by atoms with Crippen molar-refractivity contribution in [2.45, 2.75) is 0 Å². The van der Waals surface area contributed by atoms with Crippen molar-refractivity contribution >= 4 is 23.6 Å². The molecule has 1 aromatic heterocycles. The summed E-state index contributed by atoms with van der Waals surface area (Å²) >= 11 is 5.43. The Morgan fingerprint density at radius 3 is 3.00 bits per heavy atom. The van der Waals surface area contributed by atoms with Crippen LogP contribution in [0.2, 0.25) is 0 Å². The normalized spacial score (nSPS) is 10.5. The van der Waals surface area contributed by atoms with Crippen molar-refractivity contribution in [1.82, 2.24) is 4.98 Å². The third-order valence-electron chi connectivity index (χ3n) is 1.41. The Bertz CT molecular complexity index is 336. The summed E-state index contributed by atoms with van der Waals surface area (Å²) in [5.41, 5.74) is 0.914. The van der Waals surface area contributed by atoms with Crippen molar-refractivity contribution in [2.24, 2.45) is 0 Å². The zero-order valence-corrected chi connectivity index (χ0v) is 7.53. The fourth-order valence-corrected chi connectivity index (χ4v) is 0.936. The predicted molar refractivity (Wildman–Crippen MR) is 51.0 cm³/mol. The molecule has 1 N–H and O–H groups in total. The van der Waals surface area contributed by atoms with Crippen LogP contribution in [0.3, 0.4) is 0 Å². The summed E-state index contributed by atoms with van der Waals surface area (Å²) < 4.78 is 0. The van der Waals surface area contributed by atoms with Crippen molar-refractivity contribution in [2.75, 3.05) is 5.88 Å². The fraction of sp³-hybridized carbons (Fsp3) is 0.111. The van der Waals surface area contributed by atoms with E-state index in [0.717, 1.165) is 5.56 Å². The van der Waals surface area contributed by atoms with Crippen LogP contribution in [0.25, 0.3) is 6.08 Å². The average Bonchev–Trinajstić information content (AvgIpc) is 2.15. The molecule has 3 nitrogen and oxygen atoms in total. The molecular weight excluding hydrogens is 190 g/mol. The van der Waals surface area contributed by atoms with Gasteiger partial charge >= 0.3 is 5.97 Å². The van der Waals surface area contributed by atoms with E-state index in [4.69, 9.17) is 16.7 Å². The molecule has 0 saturated heterocycles. The van der Waals surface area contributed by atoms with Crippen LogP contribution < -0.4 is 0 Å². The Kier molecular flexibility index (Phi) is 3.46. The molecule has 0 aliphatic rings. The van der Waals surface area contributed by atoms with Crippen LogP contribution >= 0.6 is 11.6 Å². The smallest absolute Gasteiger partial charge is 0.337 e. The largest absolute Gasteiger partial charge is 0.478 e. The van der Waals surface area contributed by atoms with E-state index in [1.807, 2.05) is 0 Å². The van der Waals surface area contributed by atoms with E-state index in [1.165, 1.54) is 6.20 Å². The second-order valence-corrected chi connectivity index (χ2v) is 2.68. The van der Waals surface area contributed by atoms with Crippen LogP contribution in [-0.2, 0) is 0 Å². The number of aromatic carboxylic acids is 1. The van der Waals surface area contributed by atoms with E-state index in [-0.39, 0.29) is 5.56 Å². The van der Waals surface area contributed by atoms with Crippen molar-refractivity contribution in [3.8, 4) is 0 Å². The van der Waals surface area contributed by atoms with Gasteiger partial charge in [-0.05, 0) is 11.6 Å². The second kappa shape index (κ2) is 4.62. The first-order chi connectivity index (χ1) is 6.24. The predicted octanol–water partition coefficient (Wildman–Crippen LogP) is 2.03. The number of nitrogens with zero attached hydrogens (tertiary/aromatic N) is 1. The lowest BCUT2D eigenvalue weighted by molar-refractivity contribution is 0.0696. The molecule has 0 atom stereocenters. The zero-order valence-electron chi connectivity index (χ0n) is 6.77. The molecule has 0 unspecified atom stereocenters. The molecule has 0 radical (unpaired) electrons. The lowest BCUT2D eigenvalue weighted by Gasteiger charge is -1.94. The van der Waals surface area contributed by atoms with Crippen molar-refractivity contribution < 1.29 is 9.90 Å². The highest BCUT2D eigenvalue weighted by atomic mass is 35.5. The molecule has 4 heteroatoms. The summed E-state index contributed by atoms with van der Waals surface area (Å²) in [6.45, 7) is 0. The van der Waals surface area contributed by atoms with Gasteiger partial charge in [-0.15, -0.1) is 11.6 Å². The van der Waals surface area contributed by atoms with Crippen LogP contribution in [-0.4, -0.2) is 21.9 Å². The average molecular weight is 198 g/mol. The molecule has 1 aromatic rings. The topological polar surface area (TPSA) is 50.2 Å². The molecular formula is C9H8ClNO2. The maximum Gasteiger partial charge on any atom is 0.337 e. The molecule has 0 fully saturated rings. The van der Waals surface area contributed by atoms with Gasteiger partial charge in [0.2, 0.25) is 0 Å². The molecule has 0 spiro atoms. The Morgan fingerprint density at radius 1 is 1.62 bits per heavy atom. The Labute approximate surface area is 80.7 Å². The van der Waals surface area contributed by atoms with Crippen LogP contribution in [0.5, 0.6) is 0 Å².